The van der Waals surface area contributed by atoms with Crippen LogP contribution in [0.1, 0.15) is 6.42 Å². The molecule has 0 saturated carbocycles. The molecule has 0 N–H and O–H groups in total. The van der Waals surface area contributed by atoms with Gasteiger partial charge in [0.05, 0.1) is 16.1 Å². The van der Waals surface area contributed by atoms with Gasteiger partial charge in [-0.1, -0.05) is 27.5 Å². The fourth-order valence-corrected chi connectivity index (χ4v) is 2.64. The molecule has 1 unspecified atom stereocenters. The lowest BCUT2D eigenvalue weighted by Gasteiger charge is -2.17. The number of carbonyl (C=O) groups excluding carboxylic acids is 1. The van der Waals surface area contributed by atoms with Crippen molar-refractivity contribution in [1.29, 1.82) is 0 Å². The Bertz CT molecular complexity index is 410. The topological polar surface area (TPSA) is 20.3 Å². The molecule has 1 aromatic rings. The molecule has 0 bridgehead atoms. The quantitative estimate of drug-likeness (QED) is 0.728. The van der Waals surface area contributed by atoms with Crippen LogP contribution in [0.4, 0.5) is 5.69 Å². The minimum Gasteiger partial charge on any atom is -0.309 e. The van der Waals surface area contributed by atoms with Crippen LogP contribution in [0.25, 0.3) is 0 Å². The number of hydrogen-bond acceptors (Lipinski definition) is 1. The van der Waals surface area contributed by atoms with E-state index in [2.05, 4.69) is 15.9 Å². The third-order valence-corrected chi connectivity index (χ3v) is 3.37. The van der Waals surface area contributed by atoms with Crippen LogP contribution in [0.3, 0.4) is 0 Å². The maximum Gasteiger partial charge on any atom is 0.228 e. The van der Waals surface area contributed by atoms with Gasteiger partial charge in [-0.2, -0.15) is 0 Å². The molecule has 5 heteroatoms. The van der Waals surface area contributed by atoms with E-state index in [9.17, 15) is 4.79 Å². The van der Waals surface area contributed by atoms with E-state index >= 15 is 0 Å². The lowest BCUT2D eigenvalue weighted by Crippen LogP contribution is -2.24. The van der Waals surface area contributed by atoms with Gasteiger partial charge in [0, 0.05) is 17.4 Å². The number of amides is 1. The van der Waals surface area contributed by atoms with Crippen LogP contribution >= 0.6 is 39.1 Å². The zero-order valence-corrected chi connectivity index (χ0v) is 10.8. The fraction of sp³-hybridized carbons (Fsp3) is 0.300. The molecule has 2 rings (SSSR count). The summed E-state index contributed by atoms with van der Waals surface area (Å²) in [7, 11) is 0. The third kappa shape index (κ3) is 2.30. The first-order chi connectivity index (χ1) is 7.08. The summed E-state index contributed by atoms with van der Waals surface area (Å²) in [6.07, 6.45) is 0.383. The third-order valence-electron chi connectivity index (χ3n) is 2.28. The molecule has 15 heavy (non-hydrogen) atoms. The van der Waals surface area contributed by atoms with Crippen molar-refractivity contribution in [3.8, 4) is 0 Å². The molecule has 0 aromatic heterocycles. The van der Waals surface area contributed by atoms with Crippen molar-refractivity contribution >= 4 is 50.7 Å². The van der Waals surface area contributed by atoms with E-state index in [0.717, 1.165) is 10.2 Å². The number of hydrogen-bond donors (Lipinski definition) is 0. The maximum absolute atomic E-state index is 11.6. The smallest absolute Gasteiger partial charge is 0.228 e. The van der Waals surface area contributed by atoms with Gasteiger partial charge in [0.25, 0.3) is 0 Å². The van der Waals surface area contributed by atoms with E-state index in [-0.39, 0.29) is 11.3 Å². The van der Waals surface area contributed by atoms with Crippen molar-refractivity contribution in [1.82, 2.24) is 0 Å². The van der Waals surface area contributed by atoms with Crippen LogP contribution < -0.4 is 4.90 Å². The second-order valence-electron chi connectivity index (χ2n) is 3.40. The van der Waals surface area contributed by atoms with Crippen molar-refractivity contribution in [2.45, 2.75) is 11.8 Å². The summed E-state index contributed by atoms with van der Waals surface area (Å²) >= 11 is 15.3. The molecule has 80 valence electrons. The Hall–Kier alpha value is -0.250. The lowest BCUT2D eigenvalue weighted by molar-refractivity contribution is -0.117. The van der Waals surface area contributed by atoms with Crippen LogP contribution in [0.5, 0.6) is 0 Å². The van der Waals surface area contributed by atoms with Gasteiger partial charge < -0.3 is 4.90 Å². The Morgan fingerprint density at radius 1 is 1.47 bits per heavy atom. The summed E-state index contributed by atoms with van der Waals surface area (Å²) in [5.41, 5.74) is 0.730. The highest BCUT2D eigenvalue weighted by atomic mass is 79.9. The molecule has 1 saturated heterocycles. The highest BCUT2D eigenvalue weighted by Gasteiger charge is 2.30. The Labute approximate surface area is 106 Å². The molecule has 0 aliphatic carbocycles. The molecule has 1 aromatic carbocycles. The second-order valence-corrected chi connectivity index (χ2v) is 5.34. The first-order valence-electron chi connectivity index (χ1n) is 4.47. The van der Waals surface area contributed by atoms with Crippen molar-refractivity contribution in [2.24, 2.45) is 0 Å². The predicted octanol–water partition coefficient (Wildman–Crippen LogP) is 3.45. The first-order valence-corrected chi connectivity index (χ1v) is 6.08. The van der Waals surface area contributed by atoms with Gasteiger partial charge in [0.15, 0.2) is 0 Å². The van der Waals surface area contributed by atoms with Crippen LogP contribution in [-0.2, 0) is 4.79 Å². The normalized spacial score (nSPS) is 21.1. The Morgan fingerprint density at radius 3 is 2.73 bits per heavy atom. The van der Waals surface area contributed by atoms with Crippen molar-refractivity contribution in [3.05, 3.63) is 27.7 Å². The van der Waals surface area contributed by atoms with Crippen LogP contribution in [-0.4, -0.2) is 17.8 Å². The van der Waals surface area contributed by atoms with E-state index < -0.39 is 0 Å². The zero-order valence-electron chi connectivity index (χ0n) is 7.71. The number of anilines is 1. The standard InChI is InChI=1S/C10H8BrCl2NO/c11-6-1-2-9(8(13)3-6)14-5-7(12)4-10(14)15/h1-3,7H,4-5H2. The van der Waals surface area contributed by atoms with E-state index in [1.54, 1.807) is 11.0 Å². The van der Waals surface area contributed by atoms with Gasteiger partial charge in [0.1, 0.15) is 0 Å². The highest BCUT2D eigenvalue weighted by Crippen LogP contribution is 2.32. The zero-order chi connectivity index (χ0) is 11.0. The van der Waals surface area contributed by atoms with Crippen LogP contribution in [0.2, 0.25) is 5.02 Å². The van der Waals surface area contributed by atoms with E-state index in [0.29, 0.717) is 18.0 Å². The molecule has 1 heterocycles. The largest absolute Gasteiger partial charge is 0.309 e. The van der Waals surface area contributed by atoms with Gasteiger partial charge >= 0.3 is 0 Å². The molecule has 1 aliphatic rings. The summed E-state index contributed by atoms with van der Waals surface area (Å²) in [5, 5.41) is 0.445. The average molecular weight is 309 g/mol. The number of carbonyl (C=O) groups is 1. The maximum atomic E-state index is 11.6. The number of halogens is 3. The number of nitrogens with zero attached hydrogens (tertiary/aromatic N) is 1. The molecular weight excluding hydrogens is 301 g/mol. The van der Waals surface area contributed by atoms with Crippen molar-refractivity contribution < 1.29 is 4.79 Å². The molecule has 1 fully saturated rings. The van der Waals surface area contributed by atoms with Crippen LogP contribution in [0, 0.1) is 0 Å². The van der Waals surface area contributed by atoms with Gasteiger partial charge in [-0.25, -0.2) is 0 Å². The Morgan fingerprint density at radius 2 is 2.20 bits per heavy atom. The first kappa shape index (κ1) is 11.2. The Balaban J connectivity index is 2.34. The van der Waals surface area contributed by atoms with E-state index in [1.165, 1.54) is 0 Å². The fourth-order valence-electron chi connectivity index (χ4n) is 1.60. The minimum atomic E-state index is -0.114. The molecule has 0 radical (unpaired) electrons. The van der Waals surface area contributed by atoms with Crippen molar-refractivity contribution in [3.63, 3.8) is 0 Å². The van der Waals surface area contributed by atoms with E-state index in [4.69, 9.17) is 23.2 Å². The van der Waals surface area contributed by atoms with E-state index in [1.807, 2.05) is 12.1 Å². The summed E-state index contributed by atoms with van der Waals surface area (Å²) in [4.78, 5) is 13.2. The molecule has 0 spiro atoms. The number of rotatable bonds is 1. The summed E-state index contributed by atoms with van der Waals surface area (Å²) in [6, 6.07) is 5.45. The predicted molar refractivity (Wildman–Crippen MR) is 65.8 cm³/mol. The van der Waals surface area contributed by atoms with Gasteiger partial charge in [-0.05, 0) is 18.2 Å². The van der Waals surface area contributed by atoms with Gasteiger partial charge in [0.2, 0.25) is 5.91 Å². The molecule has 1 aliphatic heterocycles. The minimum absolute atomic E-state index is 0.0271. The van der Waals surface area contributed by atoms with Gasteiger partial charge in [-0.15, -0.1) is 11.6 Å². The highest BCUT2D eigenvalue weighted by molar-refractivity contribution is 9.10. The van der Waals surface area contributed by atoms with Gasteiger partial charge in [-0.3, -0.25) is 4.79 Å². The van der Waals surface area contributed by atoms with Crippen molar-refractivity contribution in [2.75, 3.05) is 11.4 Å². The second kappa shape index (κ2) is 4.32. The monoisotopic (exact) mass is 307 g/mol. The molecule has 1 amide bonds. The molecule has 1 atom stereocenters. The summed E-state index contributed by atoms with van der Waals surface area (Å²) < 4.78 is 0.894. The summed E-state index contributed by atoms with van der Waals surface area (Å²) in [5.74, 6) is 0.0271. The number of alkyl halides is 1. The molecule has 2 nitrogen and oxygen atoms in total. The lowest BCUT2D eigenvalue weighted by atomic mass is 10.3. The average Bonchev–Trinajstić information content (AvgIpc) is 2.45. The molecular formula is C10H8BrCl2NO. The Kier molecular flexibility index (Phi) is 3.24. The number of benzene rings is 1. The van der Waals surface area contributed by atoms with Crippen LogP contribution in [0.15, 0.2) is 22.7 Å². The summed E-state index contributed by atoms with van der Waals surface area (Å²) in [6.45, 7) is 0.530. The SMILES string of the molecule is O=C1CC(Cl)CN1c1ccc(Br)cc1Cl.